The highest BCUT2D eigenvalue weighted by atomic mass is 35.5. The van der Waals surface area contributed by atoms with Crippen LogP contribution in [0.25, 0.3) is 6.08 Å². The highest BCUT2D eigenvalue weighted by Crippen LogP contribution is 2.24. The molecule has 0 spiro atoms. The second kappa shape index (κ2) is 4.35. The predicted octanol–water partition coefficient (Wildman–Crippen LogP) is 3.37. The lowest BCUT2D eigenvalue weighted by molar-refractivity contribution is 0.862. The monoisotopic (exact) mass is 227 g/mol. The largest absolute Gasteiger partial charge is 0.313 e. The normalized spacial score (nSPS) is 19.1. The molecule has 1 saturated heterocycles. The van der Waals surface area contributed by atoms with Gasteiger partial charge in [-0.1, -0.05) is 34.9 Å². The van der Waals surface area contributed by atoms with Gasteiger partial charge in [0.05, 0.1) is 0 Å². The van der Waals surface area contributed by atoms with Crippen molar-refractivity contribution in [2.75, 3.05) is 13.1 Å². The Morgan fingerprint density at radius 2 is 2.14 bits per heavy atom. The van der Waals surface area contributed by atoms with Crippen LogP contribution < -0.4 is 5.32 Å². The molecule has 0 amide bonds. The molecule has 0 saturated carbocycles. The molecule has 1 aromatic rings. The van der Waals surface area contributed by atoms with Gasteiger partial charge in [0.2, 0.25) is 0 Å². The number of nitrogens with one attached hydrogen (secondary N) is 1. The van der Waals surface area contributed by atoms with Gasteiger partial charge in [0.25, 0.3) is 0 Å². The summed E-state index contributed by atoms with van der Waals surface area (Å²) in [5.74, 6) is 0. The first kappa shape index (κ1) is 10.0. The van der Waals surface area contributed by atoms with E-state index >= 15 is 0 Å². The van der Waals surface area contributed by atoms with E-state index in [1.54, 1.807) is 6.07 Å². The minimum absolute atomic E-state index is 0.729. The second-order valence-electron chi connectivity index (χ2n) is 3.40. The number of hydrogen-bond donors (Lipinski definition) is 1. The third-order valence-corrected chi connectivity index (χ3v) is 2.87. The summed E-state index contributed by atoms with van der Waals surface area (Å²) >= 11 is 11.9. The van der Waals surface area contributed by atoms with Gasteiger partial charge in [-0.25, -0.2) is 0 Å². The summed E-state index contributed by atoms with van der Waals surface area (Å²) in [6.07, 6.45) is 3.22. The van der Waals surface area contributed by atoms with E-state index in [9.17, 15) is 0 Å². The molecule has 0 bridgehead atoms. The summed E-state index contributed by atoms with van der Waals surface area (Å²) in [5, 5.41) is 4.77. The molecule has 3 heteroatoms. The molecule has 0 radical (unpaired) electrons. The molecule has 14 heavy (non-hydrogen) atoms. The lowest BCUT2D eigenvalue weighted by Crippen LogP contribution is -2.04. The van der Waals surface area contributed by atoms with Gasteiger partial charge in [-0.05, 0) is 36.7 Å². The summed E-state index contributed by atoms with van der Waals surface area (Å²) in [4.78, 5) is 0. The van der Waals surface area contributed by atoms with Crippen LogP contribution in [0.5, 0.6) is 0 Å². The van der Waals surface area contributed by atoms with E-state index in [-0.39, 0.29) is 0 Å². The van der Waals surface area contributed by atoms with E-state index in [1.807, 2.05) is 12.1 Å². The van der Waals surface area contributed by atoms with Crippen LogP contribution in [0.4, 0.5) is 0 Å². The highest BCUT2D eigenvalue weighted by Gasteiger charge is 2.06. The van der Waals surface area contributed by atoms with Gasteiger partial charge in [0.1, 0.15) is 0 Å². The summed E-state index contributed by atoms with van der Waals surface area (Å²) in [7, 11) is 0. The van der Waals surface area contributed by atoms with Crippen molar-refractivity contribution in [3.63, 3.8) is 0 Å². The summed E-state index contributed by atoms with van der Waals surface area (Å²) in [5.41, 5.74) is 2.40. The van der Waals surface area contributed by atoms with Crippen LogP contribution >= 0.6 is 23.2 Å². The topological polar surface area (TPSA) is 12.0 Å². The molecule has 0 atom stereocenters. The molecule has 1 aliphatic rings. The van der Waals surface area contributed by atoms with Crippen molar-refractivity contribution in [2.24, 2.45) is 0 Å². The summed E-state index contributed by atoms with van der Waals surface area (Å²) in [6, 6.07) is 5.53. The molecule has 1 heterocycles. The molecule has 1 aliphatic heterocycles. The van der Waals surface area contributed by atoms with Crippen molar-refractivity contribution < 1.29 is 0 Å². The minimum atomic E-state index is 0.729. The zero-order valence-corrected chi connectivity index (χ0v) is 9.20. The standard InChI is InChI=1S/C11H11Cl2N/c12-10-1-2-11(13)9(6-10)5-8-3-4-14-7-8/h1-2,5-6,14H,3-4,7H2/b8-5-. The Kier molecular flexibility index (Phi) is 3.12. The van der Waals surface area contributed by atoms with Crippen molar-refractivity contribution in [1.82, 2.24) is 5.32 Å². The first-order valence-electron chi connectivity index (χ1n) is 4.61. The van der Waals surface area contributed by atoms with Crippen molar-refractivity contribution in [3.8, 4) is 0 Å². The lowest BCUT2D eigenvalue weighted by atomic mass is 10.1. The molecule has 74 valence electrons. The Morgan fingerprint density at radius 3 is 2.86 bits per heavy atom. The van der Waals surface area contributed by atoms with Gasteiger partial charge in [-0.3, -0.25) is 0 Å². The third kappa shape index (κ3) is 2.30. The van der Waals surface area contributed by atoms with E-state index in [1.165, 1.54) is 5.57 Å². The third-order valence-electron chi connectivity index (χ3n) is 2.29. The van der Waals surface area contributed by atoms with Gasteiger partial charge in [0.15, 0.2) is 0 Å². The van der Waals surface area contributed by atoms with Gasteiger partial charge < -0.3 is 5.32 Å². The molecule has 1 fully saturated rings. The zero-order chi connectivity index (χ0) is 9.97. The van der Waals surface area contributed by atoms with Crippen molar-refractivity contribution in [1.29, 1.82) is 0 Å². The first-order chi connectivity index (χ1) is 6.75. The van der Waals surface area contributed by atoms with Crippen LogP contribution in [-0.2, 0) is 0 Å². The van der Waals surface area contributed by atoms with E-state index in [0.717, 1.165) is 35.1 Å². The second-order valence-corrected chi connectivity index (χ2v) is 4.24. The molecule has 1 nitrogen and oxygen atoms in total. The predicted molar refractivity (Wildman–Crippen MR) is 61.9 cm³/mol. The van der Waals surface area contributed by atoms with Gasteiger partial charge in [-0.2, -0.15) is 0 Å². The average Bonchev–Trinajstić information content (AvgIpc) is 2.64. The van der Waals surface area contributed by atoms with Gasteiger partial charge in [0, 0.05) is 16.6 Å². The molecule has 2 rings (SSSR count). The Bertz CT molecular complexity index is 364. The van der Waals surface area contributed by atoms with E-state index < -0.39 is 0 Å². The zero-order valence-electron chi connectivity index (χ0n) is 7.69. The van der Waals surface area contributed by atoms with E-state index in [2.05, 4.69) is 11.4 Å². The maximum atomic E-state index is 6.05. The van der Waals surface area contributed by atoms with Gasteiger partial charge >= 0.3 is 0 Å². The quantitative estimate of drug-likeness (QED) is 0.776. The van der Waals surface area contributed by atoms with Crippen LogP contribution in [-0.4, -0.2) is 13.1 Å². The molecule has 0 aromatic heterocycles. The lowest BCUT2D eigenvalue weighted by Gasteiger charge is -2.00. The van der Waals surface area contributed by atoms with Crippen LogP contribution in [0.2, 0.25) is 10.0 Å². The fourth-order valence-corrected chi connectivity index (χ4v) is 1.91. The Hall–Kier alpha value is -0.500. The highest BCUT2D eigenvalue weighted by molar-refractivity contribution is 6.34. The van der Waals surface area contributed by atoms with E-state index in [4.69, 9.17) is 23.2 Å². The summed E-state index contributed by atoms with van der Waals surface area (Å²) < 4.78 is 0. The SMILES string of the molecule is Clc1ccc(Cl)c(/C=C2/CCNC2)c1. The number of hydrogen-bond acceptors (Lipinski definition) is 1. The Morgan fingerprint density at radius 1 is 1.29 bits per heavy atom. The average molecular weight is 228 g/mol. The smallest absolute Gasteiger partial charge is 0.0479 e. The molecule has 1 N–H and O–H groups in total. The van der Waals surface area contributed by atoms with Crippen molar-refractivity contribution in [3.05, 3.63) is 39.4 Å². The summed E-state index contributed by atoms with van der Waals surface area (Å²) in [6.45, 7) is 2.02. The van der Waals surface area contributed by atoms with Crippen LogP contribution in [0.1, 0.15) is 12.0 Å². The van der Waals surface area contributed by atoms with Crippen molar-refractivity contribution in [2.45, 2.75) is 6.42 Å². The minimum Gasteiger partial charge on any atom is -0.313 e. The fourth-order valence-electron chi connectivity index (χ4n) is 1.55. The molecule has 1 aromatic carbocycles. The molecular weight excluding hydrogens is 217 g/mol. The molecule has 0 aliphatic carbocycles. The van der Waals surface area contributed by atoms with Crippen LogP contribution in [0, 0.1) is 0 Å². The first-order valence-corrected chi connectivity index (χ1v) is 5.36. The number of halogens is 2. The number of benzene rings is 1. The van der Waals surface area contributed by atoms with Crippen molar-refractivity contribution >= 4 is 29.3 Å². The Balaban J connectivity index is 2.31. The Labute approximate surface area is 93.7 Å². The molecule has 0 unspecified atom stereocenters. The molecular formula is C11H11Cl2N. The maximum Gasteiger partial charge on any atom is 0.0479 e. The fraction of sp³-hybridized carbons (Fsp3) is 0.273. The number of rotatable bonds is 1. The van der Waals surface area contributed by atoms with Crippen LogP contribution in [0.15, 0.2) is 23.8 Å². The maximum absolute atomic E-state index is 6.05. The van der Waals surface area contributed by atoms with Crippen LogP contribution in [0.3, 0.4) is 0 Å². The van der Waals surface area contributed by atoms with E-state index in [0.29, 0.717) is 0 Å². The van der Waals surface area contributed by atoms with Gasteiger partial charge in [-0.15, -0.1) is 0 Å².